The predicted molar refractivity (Wildman–Crippen MR) is 79.8 cm³/mol. The van der Waals surface area contributed by atoms with Gasteiger partial charge in [-0.1, -0.05) is 13.8 Å². The minimum Gasteiger partial charge on any atom is -0.446 e. The van der Waals surface area contributed by atoms with E-state index in [2.05, 4.69) is 31.1 Å². The van der Waals surface area contributed by atoms with Crippen LogP contribution in [0.1, 0.15) is 51.7 Å². The summed E-state index contributed by atoms with van der Waals surface area (Å²) in [7, 11) is 0. The average Bonchev–Trinajstić information content (AvgIpc) is 2.80. The topological polar surface area (TPSA) is 47.3 Å². The van der Waals surface area contributed by atoms with E-state index in [9.17, 15) is 0 Å². The third-order valence-electron chi connectivity index (χ3n) is 3.81. The molecule has 0 bridgehead atoms. The lowest BCUT2D eigenvalue weighted by atomic mass is 9.79. The third kappa shape index (κ3) is 4.91. The normalized spacial score (nSPS) is 22.2. The van der Waals surface area contributed by atoms with Crippen LogP contribution >= 0.6 is 0 Å². The monoisotopic (exact) mass is 280 g/mol. The first-order chi connectivity index (χ1) is 9.67. The van der Waals surface area contributed by atoms with Gasteiger partial charge >= 0.3 is 0 Å². The van der Waals surface area contributed by atoms with E-state index < -0.39 is 0 Å². The highest BCUT2D eigenvalue weighted by Gasteiger charge is 2.30. The second-order valence-corrected chi connectivity index (χ2v) is 6.05. The zero-order valence-corrected chi connectivity index (χ0v) is 13.0. The summed E-state index contributed by atoms with van der Waals surface area (Å²) < 4.78 is 11.4. The summed E-state index contributed by atoms with van der Waals surface area (Å²) in [5.41, 5.74) is 0. The van der Waals surface area contributed by atoms with Gasteiger partial charge in [-0.2, -0.15) is 0 Å². The third-order valence-corrected chi connectivity index (χ3v) is 3.81. The van der Waals surface area contributed by atoms with E-state index in [0.29, 0.717) is 12.1 Å². The zero-order valence-electron chi connectivity index (χ0n) is 13.0. The molecule has 0 radical (unpaired) electrons. The quantitative estimate of drug-likeness (QED) is 0.706. The Morgan fingerprint density at radius 2 is 2.25 bits per heavy atom. The van der Waals surface area contributed by atoms with Crippen molar-refractivity contribution in [2.24, 2.45) is 5.92 Å². The number of aryl methyl sites for hydroxylation is 1. The fraction of sp³-hybridized carbons (Fsp3) is 0.812. The summed E-state index contributed by atoms with van der Waals surface area (Å²) in [6.45, 7) is 8.24. The molecule has 0 aliphatic heterocycles. The number of nitrogens with zero attached hydrogens (tertiary/aromatic N) is 1. The molecule has 1 aliphatic rings. The van der Waals surface area contributed by atoms with Gasteiger partial charge in [-0.3, -0.25) is 0 Å². The fourth-order valence-corrected chi connectivity index (χ4v) is 2.69. The molecule has 1 saturated carbocycles. The molecule has 1 aromatic rings. The number of nitrogens with one attached hydrogen (secondary N) is 1. The van der Waals surface area contributed by atoms with Crippen molar-refractivity contribution in [2.45, 2.75) is 65.0 Å². The summed E-state index contributed by atoms with van der Waals surface area (Å²) in [4.78, 5) is 4.37. The van der Waals surface area contributed by atoms with Crippen molar-refractivity contribution < 1.29 is 9.15 Å². The Bertz CT molecular complexity index is 384. The maximum atomic E-state index is 5.81. The van der Waals surface area contributed by atoms with E-state index in [1.807, 2.05) is 6.20 Å². The van der Waals surface area contributed by atoms with Crippen LogP contribution in [0.25, 0.3) is 0 Å². The van der Waals surface area contributed by atoms with E-state index in [0.717, 1.165) is 50.0 Å². The van der Waals surface area contributed by atoms with Gasteiger partial charge < -0.3 is 14.5 Å². The van der Waals surface area contributed by atoms with Gasteiger partial charge in [0.2, 0.25) is 0 Å². The maximum Gasteiger partial charge on any atom is 0.194 e. The molecule has 0 atom stereocenters. The number of oxazole rings is 1. The van der Waals surface area contributed by atoms with Crippen molar-refractivity contribution in [3.05, 3.63) is 17.8 Å². The highest BCUT2D eigenvalue weighted by Crippen LogP contribution is 2.32. The Balaban J connectivity index is 1.63. The molecule has 1 heterocycles. The lowest BCUT2D eigenvalue weighted by molar-refractivity contribution is -0.0252. The lowest BCUT2D eigenvalue weighted by Gasteiger charge is -2.34. The molecular formula is C16H28N2O2. The first-order valence-corrected chi connectivity index (χ1v) is 7.96. The minimum atomic E-state index is 0.481. The minimum absolute atomic E-state index is 0.481. The number of ether oxygens (including phenoxy) is 1. The predicted octanol–water partition coefficient (Wildman–Crippen LogP) is 2.96. The molecule has 0 saturated heterocycles. The fourth-order valence-electron chi connectivity index (χ4n) is 2.69. The number of rotatable bonds is 9. The second kappa shape index (κ2) is 7.79. The van der Waals surface area contributed by atoms with Crippen LogP contribution in [0.3, 0.4) is 0 Å². The van der Waals surface area contributed by atoms with Gasteiger partial charge in [0.15, 0.2) is 5.89 Å². The zero-order chi connectivity index (χ0) is 14.4. The molecule has 4 heteroatoms. The standard InChI is InChI=1S/C16H28N2O2/c1-4-19-14-8-13(9-14)10-15-11-18-16(20-15)6-5-7-17-12(2)3/h11-14,17H,4-10H2,1-3H3. The van der Waals surface area contributed by atoms with Crippen LogP contribution in [0.5, 0.6) is 0 Å². The average molecular weight is 280 g/mol. The Morgan fingerprint density at radius 3 is 2.95 bits per heavy atom. The maximum absolute atomic E-state index is 5.81. The van der Waals surface area contributed by atoms with Crippen molar-refractivity contribution in [1.29, 1.82) is 0 Å². The molecule has 114 valence electrons. The second-order valence-electron chi connectivity index (χ2n) is 6.05. The molecule has 1 fully saturated rings. The van der Waals surface area contributed by atoms with E-state index in [4.69, 9.17) is 9.15 Å². The van der Waals surface area contributed by atoms with Crippen LogP contribution in [0.4, 0.5) is 0 Å². The van der Waals surface area contributed by atoms with Crippen molar-refractivity contribution in [3.63, 3.8) is 0 Å². The smallest absolute Gasteiger partial charge is 0.194 e. The van der Waals surface area contributed by atoms with Crippen LogP contribution in [0.2, 0.25) is 0 Å². The number of aromatic nitrogens is 1. The molecular weight excluding hydrogens is 252 g/mol. The van der Waals surface area contributed by atoms with Crippen molar-refractivity contribution in [1.82, 2.24) is 10.3 Å². The first kappa shape index (κ1) is 15.5. The Kier molecular flexibility index (Phi) is 6.05. The lowest BCUT2D eigenvalue weighted by Crippen LogP contribution is -2.32. The van der Waals surface area contributed by atoms with Gasteiger partial charge in [0.05, 0.1) is 12.3 Å². The van der Waals surface area contributed by atoms with Gasteiger partial charge in [-0.15, -0.1) is 0 Å². The van der Waals surface area contributed by atoms with Gasteiger partial charge in [0.25, 0.3) is 0 Å². The van der Waals surface area contributed by atoms with Crippen molar-refractivity contribution >= 4 is 0 Å². The largest absolute Gasteiger partial charge is 0.446 e. The number of hydrogen-bond donors (Lipinski definition) is 1. The summed E-state index contributed by atoms with van der Waals surface area (Å²) in [6.07, 6.45) is 7.74. The van der Waals surface area contributed by atoms with Gasteiger partial charge in [-0.05, 0) is 38.6 Å². The molecule has 2 rings (SSSR count). The molecule has 1 N–H and O–H groups in total. The van der Waals surface area contributed by atoms with E-state index in [1.54, 1.807) is 0 Å². The van der Waals surface area contributed by atoms with Gasteiger partial charge in [0, 0.05) is 25.5 Å². The Morgan fingerprint density at radius 1 is 1.45 bits per heavy atom. The van der Waals surface area contributed by atoms with Crippen LogP contribution in [0, 0.1) is 5.92 Å². The highest BCUT2D eigenvalue weighted by molar-refractivity contribution is 4.98. The SMILES string of the molecule is CCOC1CC(Cc2cnc(CCCNC(C)C)o2)C1. The summed E-state index contributed by atoms with van der Waals surface area (Å²) in [6, 6.07) is 0.548. The van der Waals surface area contributed by atoms with Crippen LogP contribution in [0.15, 0.2) is 10.6 Å². The van der Waals surface area contributed by atoms with Crippen LogP contribution in [-0.2, 0) is 17.6 Å². The van der Waals surface area contributed by atoms with Crippen molar-refractivity contribution in [2.75, 3.05) is 13.2 Å². The first-order valence-electron chi connectivity index (χ1n) is 7.96. The molecule has 1 aliphatic carbocycles. The summed E-state index contributed by atoms with van der Waals surface area (Å²) in [5.74, 6) is 2.64. The molecule has 0 amide bonds. The Labute approximate surface area is 122 Å². The highest BCUT2D eigenvalue weighted by atomic mass is 16.5. The molecule has 1 aromatic heterocycles. The van der Waals surface area contributed by atoms with E-state index >= 15 is 0 Å². The Hall–Kier alpha value is -0.870. The molecule has 4 nitrogen and oxygen atoms in total. The summed E-state index contributed by atoms with van der Waals surface area (Å²) in [5, 5.41) is 3.41. The molecule has 20 heavy (non-hydrogen) atoms. The number of hydrogen-bond acceptors (Lipinski definition) is 4. The van der Waals surface area contributed by atoms with Crippen molar-refractivity contribution in [3.8, 4) is 0 Å². The van der Waals surface area contributed by atoms with Gasteiger partial charge in [-0.25, -0.2) is 4.98 Å². The molecule has 0 aromatic carbocycles. The van der Waals surface area contributed by atoms with Crippen LogP contribution < -0.4 is 5.32 Å². The van der Waals surface area contributed by atoms with Gasteiger partial charge in [0.1, 0.15) is 5.76 Å². The van der Waals surface area contributed by atoms with E-state index in [1.165, 1.54) is 12.8 Å². The molecule has 0 spiro atoms. The van der Waals surface area contributed by atoms with Crippen LogP contribution in [-0.4, -0.2) is 30.3 Å². The molecule has 0 unspecified atom stereocenters. The van der Waals surface area contributed by atoms with E-state index in [-0.39, 0.29) is 0 Å². The summed E-state index contributed by atoms with van der Waals surface area (Å²) >= 11 is 0.